The van der Waals surface area contributed by atoms with Gasteiger partial charge in [-0.1, -0.05) is 29.8 Å². The molecule has 33 heavy (non-hydrogen) atoms. The van der Waals surface area contributed by atoms with Gasteiger partial charge in [0.1, 0.15) is 16.0 Å². The maximum absolute atomic E-state index is 13.3. The van der Waals surface area contributed by atoms with E-state index in [1.807, 2.05) is 29.2 Å². The molecular weight excluding hydrogens is 501 g/mol. The molecule has 2 unspecified atom stereocenters. The third kappa shape index (κ3) is 4.27. The lowest BCUT2D eigenvalue weighted by Gasteiger charge is -2.40. The summed E-state index contributed by atoms with van der Waals surface area (Å²) in [6.45, 7) is 0.609. The number of sulfonamides is 1. The van der Waals surface area contributed by atoms with Gasteiger partial charge in [-0.25, -0.2) is 8.42 Å². The number of fused-ring (bicyclic) bond motifs is 2. The molecule has 2 aromatic carbocycles. The summed E-state index contributed by atoms with van der Waals surface area (Å²) in [6, 6.07) is 14.0. The first-order valence-corrected chi connectivity index (χ1v) is 13.3. The number of benzene rings is 2. The number of piperazine rings is 1. The Morgan fingerprint density at radius 2 is 1.88 bits per heavy atom. The lowest BCUT2D eigenvalue weighted by molar-refractivity contribution is -0.114. The Labute approximate surface area is 205 Å². The highest BCUT2D eigenvalue weighted by molar-refractivity contribution is 7.91. The predicted octanol–water partition coefficient (Wildman–Crippen LogP) is 4.91. The predicted molar refractivity (Wildman–Crippen MR) is 132 cm³/mol. The SMILES string of the molecule is O=CC1CN(S(=O)(=O)c2cc3ccc(Cl)cc3s2)CCN1C(Cl)c1ccc2ccncc2c1. The Morgan fingerprint density at radius 1 is 1.06 bits per heavy atom. The molecule has 0 aliphatic carbocycles. The highest BCUT2D eigenvalue weighted by Gasteiger charge is 2.37. The first kappa shape index (κ1) is 22.7. The van der Waals surface area contributed by atoms with Crippen LogP contribution in [0.3, 0.4) is 0 Å². The largest absolute Gasteiger partial charge is 0.302 e. The zero-order chi connectivity index (χ0) is 23.2. The number of thiophene rings is 1. The number of carbonyl (C=O) groups is 1. The molecule has 1 aliphatic rings. The molecule has 0 saturated carbocycles. The van der Waals surface area contributed by atoms with Crippen molar-refractivity contribution in [1.29, 1.82) is 0 Å². The summed E-state index contributed by atoms with van der Waals surface area (Å²) in [5.41, 5.74) is 0.267. The molecule has 6 nitrogen and oxygen atoms in total. The van der Waals surface area contributed by atoms with E-state index in [4.69, 9.17) is 23.2 Å². The van der Waals surface area contributed by atoms with Crippen molar-refractivity contribution in [3.8, 4) is 0 Å². The minimum absolute atomic E-state index is 0.0409. The van der Waals surface area contributed by atoms with Gasteiger partial charge in [-0.15, -0.1) is 22.9 Å². The van der Waals surface area contributed by atoms with Gasteiger partial charge in [-0.05, 0) is 46.7 Å². The van der Waals surface area contributed by atoms with Crippen LogP contribution in [-0.4, -0.2) is 54.6 Å². The topological polar surface area (TPSA) is 70.6 Å². The molecule has 0 bridgehead atoms. The molecule has 4 aromatic rings. The van der Waals surface area contributed by atoms with E-state index in [0.29, 0.717) is 11.6 Å². The van der Waals surface area contributed by atoms with E-state index in [1.165, 1.54) is 15.6 Å². The van der Waals surface area contributed by atoms with E-state index in [0.717, 1.165) is 32.7 Å². The smallest absolute Gasteiger partial charge is 0.252 e. The summed E-state index contributed by atoms with van der Waals surface area (Å²) in [5.74, 6) is 0. The van der Waals surface area contributed by atoms with Gasteiger partial charge in [0.05, 0.1) is 6.04 Å². The van der Waals surface area contributed by atoms with E-state index in [9.17, 15) is 13.2 Å². The zero-order valence-electron chi connectivity index (χ0n) is 17.3. The fraction of sp³-hybridized carbons (Fsp3) is 0.217. The third-order valence-electron chi connectivity index (χ3n) is 5.87. The number of aldehydes is 1. The van der Waals surface area contributed by atoms with Gasteiger partial charge in [0.2, 0.25) is 0 Å². The van der Waals surface area contributed by atoms with Crippen molar-refractivity contribution < 1.29 is 13.2 Å². The lowest BCUT2D eigenvalue weighted by Crippen LogP contribution is -2.55. The van der Waals surface area contributed by atoms with Crippen LogP contribution in [0.25, 0.3) is 20.9 Å². The summed E-state index contributed by atoms with van der Waals surface area (Å²) < 4.78 is 29.1. The normalized spacial score (nSPS) is 19.2. The van der Waals surface area contributed by atoms with Crippen LogP contribution in [-0.2, 0) is 14.8 Å². The zero-order valence-corrected chi connectivity index (χ0v) is 20.4. The van der Waals surface area contributed by atoms with Crippen molar-refractivity contribution >= 4 is 71.7 Å². The molecular formula is C23H19Cl2N3O3S2. The molecule has 10 heteroatoms. The average molecular weight is 520 g/mol. The number of nitrogens with zero attached hydrogens (tertiary/aromatic N) is 3. The molecule has 0 radical (unpaired) electrons. The summed E-state index contributed by atoms with van der Waals surface area (Å²) in [6.07, 6.45) is 4.26. The summed E-state index contributed by atoms with van der Waals surface area (Å²) in [7, 11) is -3.75. The maximum atomic E-state index is 13.3. The monoisotopic (exact) mass is 519 g/mol. The maximum Gasteiger partial charge on any atom is 0.252 e. The van der Waals surface area contributed by atoms with Gasteiger partial charge >= 0.3 is 0 Å². The molecule has 2 atom stereocenters. The number of hydrogen-bond acceptors (Lipinski definition) is 6. The molecule has 170 valence electrons. The molecule has 1 fully saturated rings. The van der Waals surface area contributed by atoms with E-state index in [-0.39, 0.29) is 17.3 Å². The highest BCUT2D eigenvalue weighted by atomic mass is 35.5. The number of carbonyl (C=O) groups excluding carboxylic acids is 1. The van der Waals surface area contributed by atoms with E-state index >= 15 is 0 Å². The summed E-state index contributed by atoms with van der Waals surface area (Å²) in [5, 5.41) is 3.38. The number of aromatic nitrogens is 1. The number of alkyl halides is 1. The fourth-order valence-corrected chi connectivity index (χ4v) is 7.75. The van der Waals surface area contributed by atoms with Crippen LogP contribution in [0, 0.1) is 0 Å². The Kier molecular flexibility index (Phi) is 6.15. The van der Waals surface area contributed by atoms with Crippen molar-refractivity contribution in [2.45, 2.75) is 15.8 Å². The standard InChI is InChI=1S/C23H19Cl2N3O3S2/c24-19-4-3-16-10-22(32-21(16)11-19)33(30,31)27-7-8-28(20(13-27)14-29)23(25)17-2-1-15-5-6-26-12-18(15)9-17/h1-6,9-12,14,20,23H,7-8,13H2. The number of pyridine rings is 1. The van der Waals surface area contributed by atoms with Crippen molar-refractivity contribution in [1.82, 2.24) is 14.2 Å². The van der Waals surface area contributed by atoms with Crippen molar-refractivity contribution in [2.24, 2.45) is 0 Å². The van der Waals surface area contributed by atoms with Crippen LogP contribution in [0.4, 0.5) is 0 Å². The number of halogens is 2. The summed E-state index contributed by atoms with van der Waals surface area (Å²) >= 11 is 14.0. The minimum Gasteiger partial charge on any atom is -0.302 e. The van der Waals surface area contributed by atoms with Crippen LogP contribution in [0.5, 0.6) is 0 Å². The quantitative estimate of drug-likeness (QED) is 0.212. The Hall–Kier alpha value is -2.07. The van der Waals surface area contributed by atoms with Gasteiger partial charge < -0.3 is 4.79 Å². The molecule has 2 aromatic heterocycles. The van der Waals surface area contributed by atoms with Crippen LogP contribution in [0.2, 0.25) is 5.02 Å². The van der Waals surface area contributed by atoms with Gasteiger partial charge in [0.15, 0.2) is 0 Å². The fourth-order valence-electron chi connectivity index (χ4n) is 4.10. The number of hydrogen-bond donors (Lipinski definition) is 0. The third-order valence-corrected chi connectivity index (χ3v) is 10.0. The second kappa shape index (κ2) is 8.94. The average Bonchev–Trinajstić information content (AvgIpc) is 3.27. The first-order chi connectivity index (χ1) is 15.9. The second-order valence-corrected chi connectivity index (χ2v) is 12.0. The Bertz CT molecular complexity index is 1460. The van der Waals surface area contributed by atoms with Crippen LogP contribution < -0.4 is 0 Å². The molecule has 0 amide bonds. The summed E-state index contributed by atoms with van der Waals surface area (Å²) in [4.78, 5) is 17.9. The van der Waals surface area contributed by atoms with Crippen LogP contribution in [0.1, 0.15) is 11.1 Å². The van der Waals surface area contributed by atoms with Crippen molar-refractivity contribution in [2.75, 3.05) is 19.6 Å². The molecule has 1 aliphatic heterocycles. The van der Waals surface area contributed by atoms with E-state index in [2.05, 4.69) is 4.98 Å². The first-order valence-electron chi connectivity index (χ1n) is 10.2. The van der Waals surface area contributed by atoms with Gasteiger partial charge in [-0.2, -0.15) is 4.31 Å². The second-order valence-electron chi connectivity index (χ2n) is 7.87. The van der Waals surface area contributed by atoms with Gasteiger partial charge in [0, 0.05) is 47.1 Å². The molecule has 1 saturated heterocycles. The van der Waals surface area contributed by atoms with E-state index in [1.54, 1.807) is 36.7 Å². The van der Waals surface area contributed by atoms with Crippen molar-refractivity contribution in [3.05, 3.63) is 71.5 Å². The lowest BCUT2D eigenvalue weighted by atomic mass is 10.1. The highest BCUT2D eigenvalue weighted by Crippen LogP contribution is 2.35. The van der Waals surface area contributed by atoms with Gasteiger partial charge in [0.25, 0.3) is 10.0 Å². The van der Waals surface area contributed by atoms with Crippen LogP contribution in [0.15, 0.2) is 65.1 Å². The molecule has 5 rings (SSSR count). The van der Waals surface area contributed by atoms with Crippen molar-refractivity contribution in [3.63, 3.8) is 0 Å². The number of rotatable bonds is 5. The Morgan fingerprint density at radius 3 is 2.70 bits per heavy atom. The van der Waals surface area contributed by atoms with Crippen LogP contribution >= 0.6 is 34.5 Å². The van der Waals surface area contributed by atoms with Gasteiger partial charge in [-0.3, -0.25) is 9.88 Å². The minimum atomic E-state index is -3.75. The molecule has 0 spiro atoms. The molecule has 3 heterocycles. The van der Waals surface area contributed by atoms with E-state index < -0.39 is 21.6 Å². The molecule has 0 N–H and O–H groups in total. The Balaban J connectivity index is 1.38.